The second-order valence-electron chi connectivity index (χ2n) is 8.31. The van der Waals surface area contributed by atoms with Crippen molar-refractivity contribution in [2.45, 2.75) is 12.5 Å². The van der Waals surface area contributed by atoms with Gasteiger partial charge in [0.05, 0.1) is 35.3 Å². The molecule has 2 N–H and O–H groups in total. The third-order valence-electron chi connectivity index (χ3n) is 6.13. The molecule has 2 aliphatic rings. The van der Waals surface area contributed by atoms with Crippen molar-refractivity contribution < 1.29 is 29.5 Å². The zero-order valence-corrected chi connectivity index (χ0v) is 19.5. The van der Waals surface area contributed by atoms with E-state index in [-0.39, 0.29) is 34.1 Å². The lowest BCUT2D eigenvalue weighted by molar-refractivity contribution is -0.384. The summed E-state index contributed by atoms with van der Waals surface area (Å²) >= 11 is 6.02. The number of aliphatic hydroxyl groups is 1. The highest BCUT2D eigenvalue weighted by Gasteiger charge is 2.46. The maximum Gasteiger partial charge on any atom is 0.295 e. The van der Waals surface area contributed by atoms with Crippen LogP contribution in [0, 0.1) is 10.1 Å². The van der Waals surface area contributed by atoms with Gasteiger partial charge in [-0.3, -0.25) is 24.6 Å². The van der Waals surface area contributed by atoms with Crippen molar-refractivity contribution in [3.8, 4) is 5.75 Å². The molecule has 0 aromatic heterocycles. The van der Waals surface area contributed by atoms with Crippen LogP contribution < -0.4 is 0 Å². The highest BCUT2D eigenvalue weighted by molar-refractivity contribution is 6.46. The molecule has 0 spiro atoms. The summed E-state index contributed by atoms with van der Waals surface area (Å²) in [6.07, 6.45) is 0.543. The fourth-order valence-electron chi connectivity index (χ4n) is 4.40. The highest BCUT2D eigenvalue weighted by Crippen LogP contribution is 2.42. The number of aromatic hydroxyl groups is 1. The van der Waals surface area contributed by atoms with E-state index < -0.39 is 28.4 Å². The number of ether oxygens (including phenoxy) is 1. The number of hydrogen-bond donors (Lipinski definition) is 2. The number of nitro benzene ring substituents is 1. The third-order valence-corrected chi connectivity index (χ3v) is 6.36. The van der Waals surface area contributed by atoms with Crippen LogP contribution in [0.2, 0.25) is 5.02 Å². The standard InChI is InChI=1S/C24H24ClN3O7/c25-16-5-6-19(29)18(14-16)22(30)20-21(15-3-1-4-17(13-15)28(33)34)27(24(32)23(20)31)8-2-7-26-9-11-35-12-10-26/h1,3-6,13-14,21,29-30H,2,7-12H2. The number of ketones is 1. The fourth-order valence-corrected chi connectivity index (χ4v) is 4.57. The first kappa shape index (κ1) is 24.6. The SMILES string of the molecule is O=C1C(=O)N(CCCN2CCOCC2)C(c2cccc([N+](=O)[O-])c2)C1=C(O)c1cc(Cl)ccc1O. The molecule has 1 amide bonds. The summed E-state index contributed by atoms with van der Waals surface area (Å²) in [6.45, 7) is 3.64. The number of amides is 1. The number of carbonyl (C=O) groups excluding carboxylic acids is 2. The van der Waals surface area contributed by atoms with Gasteiger partial charge in [-0.2, -0.15) is 0 Å². The molecule has 2 saturated heterocycles. The zero-order chi connectivity index (χ0) is 25.1. The van der Waals surface area contributed by atoms with Crippen LogP contribution in [-0.2, 0) is 14.3 Å². The summed E-state index contributed by atoms with van der Waals surface area (Å²) in [6, 6.07) is 8.48. The van der Waals surface area contributed by atoms with Crippen LogP contribution in [0.4, 0.5) is 5.69 Å². The molecule has 2 heterocycles. The second kappa shape index (κ2) is 10.4. The third kappa shape index (κ3) is 5.14. The van der Waals surface area contributed by atoms with E-state index in [4.69, 9.17) is 16.3 Å². The molecule has 2 fully saturated rings. The number of nitrogens with zero attached hydrogens (tertiary/aromatic N) is 3. The zero-order valence-electron chi connectivity index (χ0n) is 18.7. The van der Waals surface area contributed by atoms with Gasteiger partial charge >= 0.3 is 0 Å². The van der Waals surface area contributed by atoms with Crippen LogP contribution in [-0.4, -0.2) is 76.0 Å². The van der Waals surface area contributed by atoms with Crippen LogP contribution in [0.1, 0.15) is 23.6 Å². The van der Waals surface area contributed by atoms with E-state index in [1.807, 2.05) is 0 Å². The minimum absolute atomic E-state index is 0.112. The number of phenolic OH excluding ortho intramolecular Hbond substituents is 1. The second-order valence-corrected chi connectivity index (χ2v) is 8.75. The Morgan fingerprint density at radius 2 is 1.89 bits per heavy atom. The largest absolute Gasteiger partial charge is 0.507 e. The first-order valence-corrected chi connectivity index (χ1v) is 11.5. The van der Waals surface area contributed by atoms with Gasteiger partial charge in [0.15, 0.2) is 0 Å². The van der Waals surface area contributed by atoms with Crippen molar-refractivity contribution >= 4 is 34.7 Å². The minimum atomic E-state index is -1.07. The van der Waals surface area contributed by atoms with Gasteiger partial charge in [-0.1, -0.05) is 23.7 Å². The molecule has 4 rings (SSSR count). The van der Waals surface area contributed by atoms with E-state index in [9.17, 15) is 29.9 Å². The number of carbonyl (C=O) groups is 2. The van der Waals surface area contributed by atoms with Gasteiger partial charge in [0, 0.05) is 43.3 Å². The van der Waals surface area contributed by atoms with Gasteiger partial charge in [0.2, 0.25) is 0 Å². The van der Waals surface area contributed by atoms with Gasteiger partial charge in [-0.25, -0.2) is 0 Å². The van der Waals surface area contributed by atoms with Gasteiger partial charge in [0.1, 0.15) is 11.5 Å². The molecule has 35 heavy (non-hydrogen) atoms. The first-order valence-electron chi connectivity index (χ1n) is 11.1. The van der Waals surface area contributed by atoms with Crippen molar-refractivity contribution in [2.24, 2.45) is 0 Å². The fraction of sp³-hybridized carbons (Fsp3) is 0.333. The summed E-state index contributed by atoms with van der Waals surface area (Å²) in [7, 11) is 0. The van der Waals surface area contributed by atoms with Crippen LogP contribution in [0.3, 0.4) is 0 Å². The van der Waals surface area contributed by atoms with Crippen LogP contribution in [0.25, 0.3) is 5.76 Å². The lowest BCUT2D eigenvalue weighted by Gasteiger charge is -2.29. The Kier molecular flexibility index (Phi) is 7.34. The van der Waals surface area contributed by atoms with Crippen LogP contribution >= 0.6 is 11.6 Å². The molecular formula is C24H24ClN3O7. The van der Waals surface area contributed by atoms with Crippen molar-refractivity contribution in [3.05, 3.63) is 74.3 Å². The van der Waals surface area contributed by atoms with E-state index >= 15 is 0 Å². The average molecular weight is 502 g/mol. The predicted molar refractivity (Wildman–Crippen MR) is 127 cm³/mol. The quantitative estimate of drug-likeness (QED) is 0.194. The number of Topliss-reactive ketones (excluding diaryl/α,β-unsaturated/α-hetero) is 1. The molecule has 0 saturated carbocycles. The molecule has 0 aliphatic carbocycles. The molecular weight excluding hydrogens is 478 g/mol. The Hall–Kier alpha value is -3.47. The number of morpholine rings is 1. The maximum absolute atomic E-state index is 13.1. The Morgan fingerprint density at radius 3 is 2.60 bits per heavy atom. The van der Waals surface area contributed by atoms with Gasteiger partial charge in [0.25, 0.3) is 17.4 Å². The number of phenols is 1. The molecule has 0 radical (unpaired) electrons. The predicted octanol–water partition coefficient (Wildman–Crippen LogP) is 3.10. The van der Waals surface area contributed by atoms with Crippen LogP contribution in [0.15, 0.2) is 48.0 Å². The summed E-state index contributed by atoms with van der Waals surface area (Å²) < 4.78 is 5.35. The lowest BCUT2D eigenvalue weighted by atomic mass is 9.94. The molecule has 11 heteroatoms. The molecule has 1 atom stereocenters. The van der Waals surface area contributed by atoms with E-state index in [2.05, 4.69) is 4.90 Å². The monoisotopic (exact) mass is 501 g/mol. The average Bonchev–Trinajstić information content (AvgIpc) is 3.11. The Morgan fingerprint density at radius 1 is 1.14 bits per heavy atom. The topological polar surface area (TPSA) is 133 Å². The number of hydrogen-bond acceptors (Lipinski definition) is 8. The van der Waals surface area contributed by atoms with Gasteiger partial charge in [-0.15, -0.1) is 0 Å². The molecule has 2 aromatic carbocycles. The normalized spacial score (nSPS) is 20.4. The van der Waals surface area contributed by atoms with Crippen molar-refractivity contribution in [1.82, 2.24) is 9.80 Å². The summed E-state index contributed by atoms with van der Waals surface area (Å²) in [5, 5.41) is 32.9. The van der Waals surface area contributed by atoms with E-state index in [0.717, 1.165) is 13.1 Å². The number of halogens is 1. The minimum Gasteiger partial charge on any atom is -0.507 e. The Bertz CT molecular complexity index is 1190. The smallest absolute Gasteiger partial charge is 0.295 e. The summed E-state index contributed by atoms with van der Waals surface area (Å²) in [4.78, 5) is 40.5. The molecule has 2 aliphatic heterocycles. The number of nitro groups is 1. The maximum atomic E-state index is 13.1. The van der Waals surface area contributed by atoms with E-state index in [0.29, 0.717) is 31.7 Å². The molecule has 10 nitrogen and oxygen atoms in total. The highest BCUT2D eigenvalue weighted by atomic mass is 35.5. The Balaban J connectivity index is 1.74. The number of rotatable bonds is 7. The van der Waals surface area contributed by atoms with Gasteiger partial charge in [-0.05, 0) is 30.2 Å². The molecule has 1 unspecified atom stereocenters. The number of aliphatic hydroxyl groups excluding tert-OH is 1. The van der Waals surface area contributed by atoms with Crippen LogP contribution in [0.5, 0.6) is 5.75 Å². The number of benzene rings is 2. The first-order chi connectivity index (χ1) is 16.8. The van der Waals surface area contributed by atoms with Crippen molar-refractivity contribution in [2.75, 3.05) is 39.4 Å². The van der Waals surface area contributed by atoms with Gasteiger partial charge < -0.3 is 19.8 Å². The summed E-state index contributed by atoms with van der Waals surface area (Å²) in [5.41, 5.74) is -0.293. The Labute approximate surface area is 206 Å². The molecule has 184 valence electrons. The summed E-state index contributed by atoms with van der Waals surface area (Å²) in [5.74, 6) is -2.70. The number of likely N-dealkylation sites (tertiary alicyclic amines) is 1. The van der Waals surface area contributed by atoms with E-state index in [1.54, 1.807) is 6.07 Å². The number of non-ortho nitro benzene ring substituents is 1. The van der Waals surface area contributed by atoms with E-state index in [1.165, 1.54) is 41.3 Å². The molecule has 0 bridgehead atoms. The van der Waals surface area contributed by atoms with Crippen molar-refractivity contribution in [3.63, 3.8) is 0 Å². The van der Waals surface area contributed by atoms with Crippen molar-refractivity contribution in [1.29, 1.82) is 0 Å². The lowest BCUT2D eigenvalue weighted by Crippen LogP contribution is -2.39. The molecule has 2 aromatic rings.